The lowest BCUT2D eigenvalue weighted by Crippen LogP contribution is -2.39. The smallest absolute Gasteiger partial charge is 0.191 e. The molecule has 2 heterocycles. The van der Waals surface area contributed by atoms with Gasteiger partial charge in [-0.15, -0.1) is 5.10 Å². The largest absolute Gasteiger partial charge is 0.469 e. The normalized spacial score (nSPS) is 11.4. The first-order chi connectivity index (χ1) is 11.2. The van der Waals surface area contributed by atoms with Crippen LogP contribution in [0.5, 0.6) is 0 Å². The second-order valence-electron chi connectivity index (χ2n) is 5.32. The van der Waals surface area contributed by atoms with Gasteiger partial charge in [-0.3, -0.25) is 4.68 Å². The Morgan fingerprint density at radius 1 is 1.39 bits per heavy atom. The zero-order valence-corrected chi connectivity index (χ0v) is 13.5. The maximum Gasteiger partial charge on any atom is 0.191 e. The average molecular weight is 316 g/mol. The second kappa shape index (κ2) is 9.45. The predicted octanol–water partition coefficient (Wildman–Crippen LogP) is 1.62. The number of rotatable bonds is 9. The molecule has 23 heavy (non-hydrogen) atoms. The second-order valence-corrected chi connectivity index (χ2v) is 5.32. The first-order valence-corrected chi connectivity index (χ1v) is 7.77. The molecule has 0 aromatic carbocycles. The van der Waals surface area contributed by atoms with Gasteiger partial charge in [0.1, 0.15) is 5.76 Å². The molecule has 0 aliphatic heterocycles. The van der Waals surface area contributed by atoms with Crippen LogP contribution in [-0.2, 0) is 13.0 Å². The Hall–Kier alpha value is -2.57. The molecule has 0 aliphatic carbocycles. The van der Waals surface area contributed by atoms with Gasteiger partial charge in [-0.1, -0.05) is 17.4 Å². The minimum absolute atomic E-state index is 0.610. The van der Waals surface area contributed by atoms with Crippen LogP contribution in [0.1, 0.15) is 19.1 Å². The molecule has 0 unspecified atom stereocenters. The number of aromatic nitrogens is 3. The molecular weight excluding hydrogens is 292 g/mol. The maximum absolute atomic E-state index is 5.32. The third-order valence-corrected chi connectivity index (χ3v) is 3.08. The van der Waals surface area contributed by atoms with Crippen molar-refractivity contribution in [3.8, 4) is 0 Å². The lowest BCUT2D eigenvalue weighted by molar-refractivity contribution is 0.506. The first-order valence-electron chi connectivity index (χ1n) is 7.77. The van der Waals surface area contributed by atoms with Gasteiger partial charge in [0.25, 0.3) is 0 Å². The Morgan fingerprint density at radius 2 is 2.26 bits per heavy atom. The number of aryl methyl sites for hydroxylation is 1. The van der Waals surface area contributed by atoms with E-state index in [1.807, 2.05) is 29.9 Å². The number of guanidine groups is 1. The molecule has 0 radical (unpaired) electrons. The highest BCUT2D eigenvalue weighted by Crippen LogP contribution is 1.99. The molecule has 0 bridgehead atoms. The van der Waals surface area contributed by atoms with E-state index in [1.54, 1.807) is 12.5 Å². The zero-order valence-electron chi connectivity index (χ0n) is 13.5. The summed E-state index contributed by atoms with van der Waals surface area (Å²) in [6, 6.07) is 3.87. The monoisotopic (exact) mass is 316 g/mol. The Kier molecular flexibility index (Phi) is 6.90. The molecule has 0 aliphatic rings. The van der Waals surface area contributed by atoms with Crippen LogP contribution in [-0.4, -0.2) is 40.6 Å². The number of hydrogen-bond donors (Lipinski definition) is 2. The third kappa shape index (κ3) is 6.82. The molecule has 2 aromatic rings. The highest BCUT2D eigenvalue weighted by Gasteiger charge is 2.00. The minimum Gasteiger partial charge on any atom is -0.469 e. The summed E-state index contributed by atoms with van der Waals surface area (Å²) < 4.78 is 7.14. The van der Waals surface area contributed by atoms with Crippen molar-refractivity contribution in [2.45, 2.75) is 26.3 Å². The molecule has 2 rings (SSSR count). The zero-order chi connectivity index (χ0) is 16.3. The molecule has 7 nitrogen and oxygen atoms in total. The van der Waals surface area contributed by atoms with E-state index in [9.17, 15) is 0 Å². The standard InChI is InChI=1S/C16H24N6O/c1-14(2)13-19-16(18-8-6-15-5-3-12-23-15)17-7-4-10-22-11-9-20-21-22/h3,5,9,11-12H,1,4,6-8,10,13H2,2H3,(H2,17,18,19). The van der Waals surface area contributed by atoms with Gasteiger partial charge in [-0.05, 0) is 25.5 Å². The van der Waals surface area contributed by atoms with Crippen molar-refractivity contribution in [3.05, 3.63) is 48.7 Å². The van der Waals surface area contributed by atoms with Crippen LogP contribution in [0.15, 0.2) is 52.4 Å². The SMILES string of the molecule is C=C(C)CN=C(NCCCn1ccnn1)NCCc1ccco1. The van der Waals surface area contributed by atoms with Gasteiger partial charge in [0.05, 0.1) is 19.0 Å². The summed E-state index contributed by atoms with van der Waals surface area (Å²) in [6.07, 6.45) is 6.99. The van der Waals surface area contributed by atoms with Crippen LogP contribution in [0, 0.1) is 0 Å². The van der Waals surface area contributed by atoms with E-state index in [1.165, 1.54) is 0 Å². The van der Waals surface area contributed by atoms with Crippen LogP contribution >= 0.6 is 0 Å². The van der Waals surface area contributed by atoms with E-state index < -0.39 is 0 Å². The highest BCUT2D eigenvalue weighted by molar-refractivity contribution is 5.79. The van der Waals surface area contributed by atoms with Crippen molar-refractivity contribution >= 4 is 5.96 Å². The first kappa shape index (κ1) is 16.8. The summed E-state index contributed by atoms with van der Waals surface area (Å²) in [4.78, 5) is 4.51. The number of hydrogen-bond acceptors (Lipinski definition) is 4. The Bertz CT molecular complexity index is 588. The molecular formula is C16H24N6O. The molecule has 0 fully saturated rings. The molecule has 124 valence electrons. The van der Waals surface area contributed by atoms with Gasteiger partial charge in [-0.25, -0.2) is 4.99 Å². The number of furan rings is 1. The average Bonchev–Trinajstić information content (AvgIpc) is 3.21. The highest BCUT2D eigenvalue weighted by atomic mass is 16.3. The summed E-state index contributed by atoms with van der Waals surface area (Å²) in [5.41, 5.74) is 1.03. The van der Waals surface area contributed by atoms with Crippen LogP contribution < -0.4 is 10.6 Å². The summed E-state index contributed by atoms with van der Waals surface area (Å²) in [7, 11) is 0. The van der Waals surface area contributed by atoms with Crippen molar-refractivity contribution in [1.29, 1.82) is 0 Å². The van der Waals surface area contributed by atoms with Gasteiger partial charge in [0.2, 0.25) is 0 Å². The number of nitrogens with one attached hydrogen (secondary N) is 2. The maximum atomic E-state index is 5.32. The molecule has 7 heteroatoms. The molecule has 0 saturated carbocycles. The summed E-state index contributed by atoms with van der Waals surface area (Å²) >= 11 is 0. The topological polar surface area (TPSA) is 80.3 Å². The van der Waals surface area contributed by atoms with Crippen LogP contribution in [0.25, 0.3) is 0 Å². The van der Waals surface area contributed by atoms with Crippen molar-refractivity contribution < 1.29 is 4.42 Å². The van der Waals surface area contributed by atoms with Gasteiger partial charge >= 0.3 is 0 Å². The van der Waals surface area contributed by atoms with Crippen LogP contribution in [0.2, 0.25) is 0 Å². The molecule has 0 amide bonds. The molecule has 0 spiro atoms. The van der Waals surface area contributed by atoms with Crippen LogP contribution in [0.3, 0.4) is 0 Å². The number of aliphatic imine (C=N–C) groups is 1. The lowest BCUT2D eigenvalue weighted by atomic mass is 10.3. The van der Waals surface area contributed by atoms with E-state index in [4.69, 9.17) is 4.42 Å². The summed E-state index contributed by atoms with van der Waals surface area (Å²) in [5, 5.41) is 14.4. The predicted molar refractivity (Wildman–Crippen MR) is 90.2 cm³/mol. The molecule has 0 atom stereocenters. The van der Waals surface area contributed by atoms with Crippen molar-refractivity contribution in [3.63, 3.8) is 0 Å². The Labute approximate surface area is 136 Å². The van der Waals surface area contributed by atoms with Gasteiger partial charge in [0, 0.05) is 32.3 Å². The fraction of sp³-hybridized carbons (Fsp3) is 0.438. The summed E-state index contributed by atoms with van der Waals surface area (Å²) in [5.74, 6) is 1.75. The van der Waals surface area contributed by atoms with Crippen molar-refractivity contribution in [2.75, 3.05) is 19.6 Å². The van der Waals surface area contributed by atoms with E-state index >= 15 is 0 Å². The lowest BCUT2D eigenvalue weighted by Gasteiger charge is -2.12. The van der Waals surface area contributed by atoms with Crippen LogP contribution in [0.4, 0.5) is 0 Å². The Balaban J connectivity index is 1.71. The van der Waals surface area contributed by atoms with Gasteiger partial charge in [-0.2, -0.15) is 0 Å². The fourth-order valence-electron chi connectivity index (χ4n) is 1.95. The molecule has 0 saturated heterocycles. The summed E-state index contributed by atoms with van der Waals surface area (Å²) in [6.45, 7) is 8.86. The fourth-order valence-corrected chi connectivity index (χ4v) is 1.95. The van der Waals surface area contributed by atoms with E-state index in [2.05, 4.69) is 32.5 Å². The van der Waals surface area contributed by atoms with E-state index in [0.29, 0.717) is 6.54 Å². The van der Waals surface area contributed by atoms with Crippen molar-refractivity contribution in [1.82, 2.24) is 25.6 Å². The molecule has 2 N–H and O–H groups in total. The minimum atomic E-state index is 0.610. The van der Waals surface area contributed by atoms with Gasteiger partial charge < -0.3 is 15.1 Å². The number of nitrogens with zero attached hydrogens (tertiary/aromatic N) is 4. The van der Waals surface area contributed by atoms with Crippen molar-refractivity contribution in [2.24, 2.45) is 4.99 Å². The third-order valence-electron chi connectivity index (χ3n) is 3.08. The Morgan fingerprint density at radius 3 is 2.96 bits per heavy atom. The van der Waals surface area contributed by atoms with E-state index in [0.717, 1.165) is 49.8 Å². The van der Waals surface area contributed by atoms with E-state index in [-0.39, 0.29) is 0 Å². The van der Waals surface area contributed by atoms with Gasteiger partial charge in [0.15, 0.2) is 5.96 Å². The quantitative estimate of drug-likeness (QED) is 0.318. The molecule has 2 aromatic heterocycles.